The van der Waals surface area contributed by atoms with Gasteiger partial charge in [-0.05, 0) is 60.5 Å². The van der Waals surface area contributed by atoms with Gasteiger partial charge < -0.3 is 15.1 Å². The van der Waals surface area contributed by atoms with Crippen LogP contribution in [0.3, 0.4) is 0 Å². The van der Waals surface area contributed by atoms with Crippen LogP contribution in [0.5, 0.6) is 0 Å². The molecule has 6 nitrogen and oxygen atoms in total. The Bertz CT molecular complexity index is 1380. The molecule has 1 aliphatic rings. The molecule has 0 saturated carbocycles. The molecular weight excluding hydrogens is 472 g/mol. The molecule has 0 radical (unpaired) electrons. The molecule has 1 saturated heterocycles. The molecule has 1 amide bonds. The normalized spacial score (nSPS) is 13.5. The maximum atomic E-state index is 13.5. The van der Waals surface area contributed by atoms with E-state index in [1.807, 2.05) is 12.1 Å². The van der Waals surface area contributed by atoms with Crippen LogP contribution in [0.15, 0.2) is 79.0 Å². The number of rotatable bonds is 6. The molecule has 0 bridgehead atoms. The van der Waals surface area contributed by atoms with Gasteiger partial charge in [0.25, 0.3) is 5.91 Å². The first-order chi connectivity index (χ1) is 18.0. The molecule has 1 aliphatic heterocycles. The largest absolute Gasteiger partial charge is 0.368 e. The van der Waals surface area contributed by atoms with Crippen molar-refractivity contribution in [3.63, 3.8) is 0 Å². The predicted molar refractivity (Wildman–Crippen MR) is 141 cm³/mol. The lowest BCUT2D eigenvalue weighted by Crippen LogP contribution is -2.47. The molecule has 0 unspecified atom stereocenters. The van der Waals surface area contributed by atoms with Crippen LogP contribution in [-0.4, -0.2) is 42.1 Å². The minimum absolute atomic E-state index is 0.249. The molecule has 1 N–H and O–H groups in total. The minimum atomic E-state index is -0.340. The van der Waals surface area contributed by atoms with Crippen LogP contribution in [0.25, 0.3) is 11.4 Å². The molecule has 1 aromatic heterocycles. The first kappa shape index (κ1) is 24.4. The van der Waals surface area contributed by atoms with Crippen LogP contribution in [0.1, 0.15) is 21.5 Å². The number of hydrogen-bond donors (Lipinski definition) is 1. The summed E-state index contributed by atoms with van der Waals surface area (Å²) in [4.78, 5) is 26.8. The summed E-state index contributed by atoms with van der Waals surface area (Å²) in [5.41, 5.74) is 4.23. The molecule has 8 heteroatoms. The summed E-state index contributed by atoms with van der Waals surface area (Å²) in [6, 6.07) is 20.3. The third-order valence-corrected chi connectivity index (χ3v) is 6.52. The van der Waals surface area contributed by atoms with E-state index >= 15 is 0 Å². The zero-order valence-electron chi connectivity index (χ0n) is 20.5. The van der Waals surface area contributed by atoms with Crippen molar-refractivity contribution in [2.45, 2.75) is 13.5 Å². The van der Waals surface area contributed by atoms with Crippen molar-refractivity contribution in [1.82, 2.24) is 15.3 Å². The average molecular weight is 500 g/mol. The average Bonchev–Trinajstić information content (AvgIpc) is 2.93. The summed E-state index contributed by atoms with van der Waals surface area (Å²) < 4.78 is 26.7. The van der Waals surface area contributed by atoms with Crippen LogP contribution in [-0.2, 0) is 6.54 Å². The van der Waals surface area contributed by atoms with Crippen molar-refractivity contribution in [3.8, 4) is 11.4 Å². The fraction of sp³-hybridized carbons (Fsp3) is 0.207. The summed E-state index contributed by atoms with van der Waals surface area (Å²) in [5, 5.41) is 2.89. The molecule has 37 heavy (non-hydrogen) atoms. The van der Waals surface area contributed by atoms with E-state index in [9.17, 15) is 13.6 Å². The fourth-order valence-corrected chi connectivity index (χ4v) is 4.47. The van der Waals surface area contributed by atoms with E-state index in [-0.39, 0.29) is 24.1 Å². The molecule has 0 atom stereocenters. The third kappa shape index (κ3) is 5.58. The number of piperazine rings is 1. The Kier molecular flexibility index (Phi) is 7.07. The topological polar surface area (TPSA) is 61.4 Å². The Morgan fingerprint density at radius 1 is 0.865 bits per heavy atom. The summed E-state index contributed by atoms with van der Waals surface area (Å²) in [5.74, 6) is -0.0202. The second-order valence-electron chi connectivity index (χ2n) is 9.01. The first-order valence-electron chi connectivity index (χ1n) is 12.2. The second kappa shape index (κ2) is 10.7. The number of benzene rings is 3. The van der Waals surface area contributed by atoms with Gasteiger partial charge in [0.15, 0.2) is 5.82 Å². The lowest BCUT2D eigenvalue weighted by molar-refractivity contribution is 0.0950. The van der Waals surface area contributed by atoms with Crippen molar-refractivity contribution in [2.24, 2.45) is 0 Å². The van der Waals surface area contributed by atoms with Crippen LogP contribution in [0, 0.1) is 18.6 Å². The zero-order valence-corrected chi connectivity index (χ0v) is 20.5. The number of nitrogens with one attached hydrogen (secondary N) is 1. The van der Waals surface area contributed by atoms with Gasteiger partial charge in [0.2, 0.25) is 0 Å². The maximum absolute atomic E-state index is 13.5. The number of nitrogens with zero attached hydrogens (tertiary/aromatic N) is 4. The summed E-state index contributed by atoms with van der Waals surface area (Å²) in [6.45, 7) is 5.25. The van der Waals surface area contributed by atoms with Crippen LogP contribution in [0.4, 0.5) is 20.3 Å². The van der Waals surface area contributed by atoms with Gasteiger partial charge in [-0.25, -0.2) is 18.7 Å². The number of halogens is 2. The zero-order chi connectivity index (χ0) is 25.8. The van der Waals surface area contributed by atoms with E-state index in [0.717, 1.165) is 18.7 Å². The lowest BCUT2D eigenvalue weighted by atomic mass is 10.1. The number of anilines is 2. The van der Waals surface area contributed by atoms with Gasteiger partial charge in [-0.3, -0.25) is 4.79 Å². The third-order valence-electron chi connectivity index (χ3n) is 6.52. The fourth-order valence-electron chi connectivity index (χ4n) is 4.47. The van der Waals surface area contributed by atoms with E-state index in [1.165, 1.54) is 41.7 Å². The standard InChI is InChI=1S/C29H27F2N5O/c1-20-4-2-3-5-26(20)35-14-16-36(17-15-35)28-25(29(37)33-18-21-6-10-23(30)11-7-21)19-32-27(34-28)22-8-12-24(31)13-9-22/h2-13,19H,14-18H2,1H3,(H,33,37). The first-order valence-corrected chi connectivity index (χ1v) is 12.2. The Hall–Kier alpha value is -4.33. The number of aryl methyl sites for hydroxylation is 1. The highest BCUT2D eigenvalue weighted by Crippen LogP contribution is 2.26. The second-order valence-corrected chi connectivity index (χ2v) is 9.01. The molecule has 3 aromatic carbocycles. The molecular formula is C29H27F2N5O. The number of para-hydroxylation sites is 1. The van der Waals surface area contributed by atoms with E-state index in [2.05, 4.69) is 39.2 Å². The predicted octanol–water partition coefficient (Wildman–Crippen LogP) is 4.99. The smallest absolute Gasteiger partial charge is 0.256 e. The molecule has 4 aromatic rings. The molecule has 5 rings (SSSR count). The number of amides is 1. The molecule has 188 valence electrons. The quantitative estimate of drug-likeness (QED) is 0.405. The van der Waals surface area contributed by atoms with Gasteiger partial charge >= 0.3 is 0 Å². The van der Waals surface area contributed by atoms with E-state index < -0.39 is 0 Å². The monoisotopic (exact) mass is 499 g/mol. The van der Waals surface area contributed by atoms with Crippen molar-refractivity contribution in [2.75, 3.05) is 36.0 Å². The van der Waals surface area contributed by atoms with Gasteiger partial charge in [-0.15, -0.1) is 0 Å². The molecule has 0 spiro atoms. The van der Waals surface area contributed by atoms with Gasteiger partial charge in [0.05, 0.1) is 0 Å². The molecule has 2 heterocycles. The lowest BCUT2D eigenvalue weighted by Gasteiger charge is -2.38. The van der Waals surface area contributed by atoms with Gasteiger partial charge in [0.1, 0.15) is 23.0 Å². The number of aromatic nitrogens is 2. The SMILES string of the molecule is Cc1ccccc1N1CCN(c2nc(-c3ccc(F)cc3)ncc2C(=O)NCc2ccc(F)cc2)CC1. The highest BCUT2D eigenvalue weighted by atomic mass is 19.1. The van der Waals surface area contributed by atoms with Crippen LogP contribution >= 0.6 is 0 Å². The number of hydrogen-bond acceptors (Lipinski definition) is 5. The van der Waals surface area contributed by atoms with Gasteiger partial charge in [-0.2, -0.15) is 0 Å². The molecule has 1 fully saturated rings. The van der Waals surface area contributed by atoms with E-state index in [0.29, 0.717) is 35.9 Å². The summed E-state index contributed by atoms with van der Waals surface area (Å²) in [6.07, 6.45) is 1.52. The van der Waals surface area contributed by atoms with Crippen molar-refractivity contribution in [1.29, 1.82) is 0 Å². The Morgan fingerprint density at radius 3 is 2.16 bits per heavy atom. The Labute approximate surface area is 214 Å². The summed E-state index contributed by atoms with van der Waals surface area (Å²) >= 11 is 0. The van der Waals surface area contributed by atoms with Crippen molar-refractivity contribution in [3.05, 3.63) is 107 Å². The van der Waals surface area contributed by atoms with E-state index in [4.69, 9.17) is 4.98 Å². The van der Waals surface area contributed by atoms with E-state index in [1.54, 1.807) is 24.3 Å². The van der Waals surface area contributed by atoms with Crippen LogP contribution in [0.2, 0.25) is 0 Å². The van der Waals surface area contributed by atoms with Crippen LogP contribution < -0.4 is 15.1 Å². The Balaban J connectivity index is 1.40. The van der Waals surface area contributed by atoms with Crippen molar-refractivity contribution < 1.29 is 13.6 Å². The number of carbonyl (C=O) groups excluding carboxylic acids is 1. The highest BCUT2D eigenvalue weighted by Gasteiger charge is 2.25. The maximum Gasteiger partial charge on any atom is 0.256 e. The van der Waals surface area contributed by atoms with Gasteiger partial charge in [-0.1, -0.05) is 30.3 Å². The van der Waals surface area contributed by atoms with Crippen molar-refractivity contribution >= 4 is 17.4 Å². The molecule has 0 aliphatic carbocycles. The minimum Gasteiger partial charge on any atom is -0.368 e. The summed E-state index contributed by atoms with van der Waals surface area (Å²) in [7, 11) is 0. The number of carbonyl (C=O) groups is 1. The highest BCUT2D eigenvalue weighted by molar-refractivity contribution is 5.99. The van der Waals surface area contributed by atoms with Gasteiger partial charge in [0, 0.05) is 50.2 Å². The Morgan fingerprint density at radius 2 is 1.49 bits per heavy atom.